The molecule has 0 bridgehead atoms. The Hall–Kier alpha value is -2.08. The smallest absolute Gasteiger partial charge is 0.332 e. The van der Waals surface area contributed by atoms with Crippen LogP contribution in [-0.4, -0.2) is 41.9 Å². The Labute approximate surface area is 122 Å². The number of nitrogens with one attached hydrogen (secondary N) is 2. The van der Waals surface area contributed by atoms with Crippen LogP contribution in [0.3, 0.4) is 0 Å². The van der Waals surface area contributed by atoms with E-state index in [2.05, 4.69) is 22.8 Å². The molecule has 2 amide bonds. The molecule has 1 aromatic carbocycles. The van der Waals surface area contributed by atoms with Gasteiger partial charge in [-0.05, 0) is 24.0 Å². The second kappa shape index (κ2) is 5.37. The van der Waals surface area contributed by atoms with Crippen molar-refractivity contribution < 1.29 is 19.4 Å². The van der Waals surface area contributed by atoms with E-state index in [0.29, 0.717) is 13.0 Å². The molecular weight excluding hydrogens is 272 g/mol. The predicted octanol–water partition coefficient (Wildman–Crippen LogP) is 0.697. The first kappa shape index (κ1) is 13.9. The highest BCUT2D eigenvalue weighted by molar-refractivity contribution is 5.86. The summed E-state index contributed by atoms with van der Waals surface area (Å²) >= 11 is 0. The van der Waals surface area contributed by atoms with Gasteiger partial charge in [0, 0.05) is 19.1 Å². The van der Waals surface area contributed by atoms with Crippen LogP contribution in [0.4, 0.5) is 4.79 Å². The third kappa shape index (κ3) is 2.71. The number of ether oxygens (including phenoxy) is 1. The third-order valence-corrected chi connectivity index (χ3v) is 4.17. The lowest BCUT2D eigenvalue weighted by Crippen LogP contribution is -2.59. The standard InChI is InChI=1S/C15H18N2O4/c18-13(19)15(5-6-21-9-15)17-14(20)16-12-7-10-3-1-2-4-11(10)8-12/h1-4,12H,5-9H2,(H,18,19)(H2,16,17,20). The maximum Gasteiger partial charge on any atom is 0.332 e. The van der Waals surface area contributed by atoms with Crippen molar-refractivity contribution in [1.29, 1.82) is 0 Å². The summed E-state index contributed by atoms with van der Waals surface area (Å²) in [6, 6.07) is 7.64. The molecule has 3 N–H and O–H groups in total. The van der Waals surface area contributed by atoms with E-state index >= 15 is 0 Å². The van der Waals surface area contributed by atoms with Crippen molar-refractivity contribution in [2.75, 3.05) is 13.2 Å². The maximum absolute atomic E-state index is 12.1. The Bertz CT molecular complexity index is 542. The SMILES string of the molecule is O=C(NC1Cc2ccccc2C1)NC1(C(=O)O)CCOC1. The van der Waals surface area contributed by atoms with Gasteiger partial charge in [0.25, 0.3) is 0 Å². The summed E-state index contributed by atoms with van der Waals surface area (Å²) < 4.78 is 5.12. The van der Waals surface area contributed by atoms with E-state index in [0.717, 1.165) is 12.8 Å². The second-order valence-electron chi connectivity index (χ2n) is 5.66. The normalized spacial score (nSPS) is 24.6. The molecule has 1 fully saturated rings. The summed E-state index contributed by atoms with van der Waals surface area (Å²) in [5.74, 6) is -1.05. The number of hydrogen-bond acceptors (Lipinski definition) is 3. The fraction of sp³-hybridized carbons (Fsp3) is 0.467. The number of amides is 2. The molecule has 0 aromatic heterocycles. The van der Waals surface area contributed by atoms with Crippen LogP contribution in [0.1, 0.15) is 17.5 Å². The van der Waals surface area contributed by atoms with Gasteiger partial charge in [-0.1, -0.05) is 24.3 Å². The highest BCUT2D eigenvalue weighted by Crippen LogP contribution is 2.22. The first-order valence-corrected chi connectivity index (χ1v) is 7.06. The fourth-order valence-electron chi connectivity index (χ4n) is 2.99. The van der Waals surface area contributed by atoms with Crippen LogP contribution in [-0.2, 0) is 22.4 Å². The summed E-state index contributed by atoms with van der Waals surface area (Å²) in [5.41, 5.74) is 1.18. The van der Waals surface area contributed by atoms with Crippen LogP contribution in [0.25, 0.3) is 0 Å². The van der Waals surface area contributed by atoms with E-state index in [1.165, 1.54) is 11.1 Å². The fourth-order valence-corrected chi connectivity index (χ4v) is 2.99. The Kier molecular flexibility index (Phi) is 3.55. The zero-order valence-corrected chi connectivity index (χ0v) is 11.6. The van der Waals surface area contributed by atoms with Gasteiger partial charge >= 0.3 is 12.0 Å². The molecular formula is C15H18N2O4. The molecule has 1 aliphatic heterocycles. The van der Waals surface area contributed by atoms with E-state index in [1.54, 1.807) is 0 Å². The van der Waals surface area contributed by atoms with Gasteiger partial charge in [0.05, 0.1) is 6.61 Å². The molecule has 21 heavy (non-hydrogen) atoms. The van der Waals surface area contributed by atoms with Crippen LogP contribution in [0.2, 0.25) is 0 Å². The molecule has 112 valence electrons. The zero-order valence-electron chi connectivity index (χ0n) is 11.6. The van der Waals surface area contributed by atoms with Crippen LogP contribution in [0.5, 0.6) is 0 Å². The molecule has 0 radical (unpaired) electrons. The lowest BCUT2D eigenvalue weighted by atomic mass is 9.99. The minimum atomic E-state index is -1.30. The molecule has 0 saturated carbocycles. The lowest BCUT2D eigenvalue weighted by molar-refractivity contribution is -0.144. The Morgan fingerprint density at radius 1 is 1.24 bits per heavy atom. The van der Waals surface area contributed by atoms with E-state index in [-0.39, 0.29) is 12.6 Å². The molecule has 2 aliphatic rings. The van der Waals surface area contributed by atoms with Crippen molar-refractivity contribution in [2.24, 2.45) is 0 Å². The first-order valence-electron chi connectivity index (χ1n) is 7.06. The van der Waals surface area contributed by atoms with Crippen LogP contribution < -0.4 is 10.6 Å². The van der Waals surface area contributed by atoms with Gasteiger partial charge in [0.2, 0.25) is 0 Å². The van der Waals surface area contributed by atoms with Crippen LogP contribution in [0.15, 0.2) is 24.3 Å². The minimum absolute atomic E-state index is 0.00978. The quantitative estimate of drug-likeness (QED) is 0.764. The predicted molar refractivity (Wildman–Crippen MR) is 75.1 cm³/mol. The van der Waals surface area contributed by atoms with Gasteiger partial charge in [-0.3, -0.25) is 0 Å². The van der Waals surface area contributed by atoms with Crippen molar-refractivity contribution in [3.05, 3.63) is 35.4 Å². The van der Waals surface area contributed by atoms with Crippen molar-refractivity contribution >= 4 is 12.0 Å². The van der Waals surface area contributed by atoms with Crippen LogP contribution >= 0.6 is 0 Å². The molecule has 1 atom stereocenters. The average molecular weight is 290 g/mol. The Balaban J connectivity index is 1.59. The van der Waals surface area contributed by atoms with Crippen molar-refractivity contribution in [1.82, 2.24) is 10.6 Å². The van der Waals surface area contributed by atoms with Gasteiger partial charge in [0.1, 0.15) is 0 Å². The molecule has 6 heteroatoms. The van der Waals surface area contributed by atoms with E-state index in [4.69, 9.17) is 4.74 Å². The van der Waals surface area contributed by atoms with Crippen molar-refractivity contribution in [2.45, 2.75) is 30.8 Å². The monoisotopic (exact) mass is 290 g/mol. The number of hydrogen-bond donors (Lipinski definition) is 3. The van der Waals surface area contributed by atoms with E-state index in [9.17, 15) is 14.7 Å². The number of rotatable bonds is 3. The van der Waals surface area contributed by atoms with Crippen LogP contribution in [0, 0.1) is 0 Å². The van der Waals surface area contributed by atoms with Crippen molar-refractivity contribution in [3.8, 4) is 0 Å². The molecule has 0 spiro atoms. The largest absolute Gasteiger partial charge is 0.479 e. The van der Waals surface area contributed by atoms with Gasteiger partial charge < -0.3 is 20.5 Å². The Morgan fingerprint density at radius 3 is 2.43 bits per heavy atom. The minimum Gasteiger partial charge on any atom is -0.479 e. The second-order valence-corrected chi connectivity index (χ2v) is 5.66. The van der Waals surface area contributed by atoms with Gasteiger partial charge in [-0.15, -0.1) is 0 Å². The summed E-state index contributed by atoms with van der Waals surface area (Å²) in [5, 5.41) is 14.7. The van der Waals surface area contributed by atoms with E-state index < -0.39 is 17.5 Å². The molecule has 1 heterocycles. The summed E-state index contributed by atoms with van der Waals surface area (Å²) in [4.78, 5) is 23.4. The van der Waals surface area contributed by atoms with Gasteiger partial charge in [-0.25, -0.2) is 9.59 Å². The lowest BCUT2D eigenvalue weighted by Gasteiger charge is -2.25. The molecule has 1 aromatic rings. The van der Waals surface area contributed by atoms with Gasteiger partial charge in [-0.2, -0.15) is 0 Å². The highest BCUT2D eigenvalue weighted by atomic mass is 16.5. The zero-order chi connectivity index (χ0) is 14.9. The molecule has 3 rings (SSSR count). The summed E-state index contributed by atoms with van der Waals surface area (Å²) in [7, 11) is 0. The third-order valence-electron chi connectivity index (χ3n) is 4.17. The van der Waals surface area contributed by atoms with E-state index in [1.807, 2.05) is 12.1 Å². The summed E-state index contributed by atoms with van der Waals surface area (Å²) in [6.45, 7) is 0.363. The number of carboxylic acid groups (broad SMARTS) is 1. The topological polar surface area (TPSA) is 87.7 Å². The molecule has 1 saturated heterocycles. The number of carbonyl (C=O) groups excluding carboxylic acids is 1. The number of carboxylic acids is 1. The highest BCUT2D eigenvalue weighted by Gasteiger charge is 2.44. The first-order chi connectivity index (χ1) is 10.1. The van der Waals surface area contributed by atoms with Gasteiger partial charge in [0.15, 0.2) is 5.54 Å². The molecule has 1 aliphatic carbocycles. The molecule has 1 unspecified atom stereocenters. The maximum atomic E-state index is 12.1. The summed E-state index contributed by atoms with van der Waals surface area (Å²) in [6.07, 6.45) is 1.85. The average Bonchev–Trinajstić information content (AvgIpc) is 3.05. The molecule has 6 nitrogen and oxygen atoms in total. The number of urea groups is 1. The Morgan fingerprint density at radius 2 is 1.90 bits per heavy atom. The number of aliphatic carboxylic acids is 1. The number of benzene rings is 1. The number of carbonyl (C=O) groups is 2. The number of fused-ring (bicyclic) bond motifs is 1. The van der Waals surface area contributed by atoms with Crippen molar-refractivity contribution in [3.63, 3.8) is 0 Å².